The van der Waals surface area contributed by atoms with Crippen molar-refractivity contribution in [1.82, 2.24) is 9.80 Å². The Bertz CT molecular complexity index is 831. The summed E-state index contributed by atoms with van der Waals surface area (Å²) in [4.78, 5) is 18.0. The molecule has 0 radical (unpaired) electrons. The minimum Gasteiger partial charge on any atom is -0.491 e. The Morgan fingerprint density at radius 1 is 0.967 bits per heavy atom. The van der Waals surface area contributed by atoms with Gasteiger partial charge < -0.3 is 14.4 Å². The highest BCUT2D eigenvalue weighted by Gasteiger charge is 2.44. The zero-order valence-electron chi connectivity index (χ0n) is 17.3. The van der Waals surface area contributed by atoms with Gasteiger partial charge in [0.15, 0.2) is 0 Å². The molecule has 1 amide bonds. The summed E-state index contributed by atoms with van der Waals surface area (Å²) in [5.74, 6) is 0.973. The van der Waals surface area contributed by atoms with E-state index in [2.05, 4.69) is 17.0 Å². The molecule has 6 heteroatoms. The van der Waals surface area contributed by atoms with Crippen LogP contribution < -0.4 is 4.74 Å². The number of hydrogen-bond acceptors (Lipinski definition) is 4. The molecule has 160 valence electrons. The third-order valence-corrected chi connectivity index (χ3v) is 6.56. The van der Waals surface area contributed by atoms with Gasteiger partial charge in [-0.2, -0.15) is 0 Å². The first kappa shape index (κ1) is 21.2. The molecular formula is C24H29ClN2O3. The van der Waals surface area contributed by atoms with Crippen molar-refractivity contribution in [3.63, 3.8) is 0 Å². The van der Waals surface area contributed by atoms with Crippen LogP contribution in [0.25, 0.3) is 0 Å². The van der Waals surface area contributed by atoms with Crippen LogP contribution in [0.15, 0.2) is 54.6 Å². The van der Waals surface area contributed by atoms with Crippen molar-refractivity contribution in [2.45, 2.75) is 18.3 Å². The van der Waals surface area contributed by atoms with E-state index in [4.69, 9.17) is 21.1 Å². The van der Waals surface area contributed by atoms with E-state index in [9.17, 15) is 4.79 Å². The molecular weight excluding hydrogens is 400 g/mol. The number of carbonyl (C=O) groups is 1. The van der Waals surface area contributed by atoms with Crippen LogP contribution in [0.1, 0.15) is 18.4 Å². The molecule has 0 aromatic heterocycles. The van der Waals surface area contributed by atoms with Gasteiger partial charge in [-0.15, -0.1) is 0 Å². The summed E-state index contributed by atoms with van der Waals surface area (Å²) in [5.41, 5.74) is 0.670. The molecule has 5 nitrogen and oxygen atoms in total. The van der Waals surface area contributed by atoms with Crippen LogP contribution in [-0.2, 0) is 14.9 Å². The first-order chi connectivity index (χ1) is 14.7. The molecule has 0 saturated carbocycles. The quantitative estimate of drug-likeness (QED) is 0.704. The number of piperazine rings is 1. The molecule has 2 aromatic carbocycles. The van der Waals surface area contributed by atoms with Gasteiger partial charge in [0.1, 0.15) is 12.4 Å². The van der Waals surface area contributed by atoms with E-state index in [-0.39, 0.29) is 5.91 Å². The molecule has 2 heterocycles. The summed E-state index contributed by atoms with van der Waals surface area (Å²) in [6.07, 6.45) is 1.50. The summed E-state index contributed by atoms with van der Waals surface area (Å²) in [6.45, 7) is 5.91. The third-order valence-electron chi connectivity index (χ3n) is 6.24. The maximum Gasteiger partial charge on any atom is 0.233 e. The maximum absolute atomic E-state index is 13.6. The number of halogens is 1. The van der Waals surface area contributed by atoms with Gasteiger partial charge >= 0.3 is 0 Å². The number of hydrogen-bond donors (Lipinski definition) is 0. The molecule has 0 bridgehead atoms. The van der Waals surface area contributed by atoms with Crippen LogP contribution in [0, 0.1) is 0 Å². The lowest BCUT2D eigenvalue weighted by Gasteiger charge is -2.43. The molecule has 2 saturated heterocycles. The van der Waals surface area contributed by atoms with Crippen LogP contribution >= 0.6 is 11.6 Å². The van der Waals surface area contributed by atoms with Crippen LogP contribution in [0.5, 0.6) is 5.75 Å². The Balaban J connectivity index is 1.32. The first-order valence-electron chi connectivity index (χ1n) is 10.7. The fraction of sp³-hybridized carbons (Fsp3) is 0.458. The standard InChI is InChI=1S/C24H29ClN2O3/c25-21-8-4-5-9-22(21)30-19-16-26-12-14-27(15-13-26)23(28)24(10-17-29-18-11-24)20-6-2-1-3-7-20/h1-9H,10-19H2. The van der Waals surface area contributed by atoms with Gasteiger partial charge in [0.25, 0.3) is 0 Å². The minimum absolute atomic E-state index is 0.254. The van der Waals surface area contributed by atoms with Crippen LogP contribution in [0.2, 0.25) is 5.02 Å². The number of benzene rings is 2. The van der Waals surface area contributed by atoms with Gasteiger partial charge in [0.2, 0.25) is 5.91 Å². The topological polar surface area (TPSA) is 42.0 Å². The smallest absolute Gasteiger partial charge is 0.233 e. The van der Waals surface area contributed by atoms with E-state index in [1.807, 2.05) is 47.4 Å². The summed E-state index contributed by atoms with van der Waals surface area (Å²) in [7, 11) is 0. The van der Waals surface area contributed by atoms with Crippen LogP contribution in [-0.4, -0.2) is 68.3 Å². The zero-order chi connectivity index (χ0) is 20.8. The largest absolute Gasteiger partial charge is 0.491 e. The molecule has 2 aliphatic rings. The lowest BCUT2D eigenvalue weighted by molar-refractivity contribution is -0.143. The van der Waals surface area contributed by atoms with Gasteiger partial charge in [-0.3, -0.25) is 9.69 Å². The van der Waals surface area contributed by atoms with Crippen LogP contribution in [0.4, 0.5) is 0 Å². The number of rotatable bonds is 6. The molecule has 4 rings (SSSR count). The van der Waals surface area contributed by atoms with Gasteiger partial charge in [0, 0.05) is 45.9 Å². The fourth-order valence-electron chi connectivity index (χ4n) is 4.43. The van der Waals surface area contributed by atoms with E-state index in [1.165, 1.54) is 0 Å². The fourth-order valence-corrected chi connectivity index (χ4v) is 4.62. The second-order valence-electron chi connectivity index (χ2n) is 7.97. The Morgan fingerprint density at radius 3 is 2.33 bits per heavy atom. The molecule has 30 heavy (non-hydrogen) atoms. The zero-order valence-corrected chi connectivity index (χ0v) is 18.0. The van der Waals surface area contributed by atoms with E-state index in [0.717, 1.165) is 56.9 Å². The maximum atomic E-state index is 13.6. The predicted molar refractivity (Wildman–Crippen MR) is 118 cm³/mol. The molecule has 0 aliphatic carbocycles. The van der Waals surface area contributed by atoms with Gasteiger partial charge in [0.05, 0.1) is 10.4 Å². The Hall–Kier alpha value is -2.08. The van der Waals surface area contributed by atoms with E-state index in [0.29, 0.717) is 24.8 Å². The molecule has 0 unspecified atom stereocenters. The van der Waals surface area contributed by atoms with Gasteiger partial charge in [-0.1, -0.05) is 54.1 Å². The summed E-state index contributed by atoms with van der Waals surface area (Å²) < 4.78 is 11.4. The highest BCUT2D eigenvalue weighted by Crippen LogP contribution is 2.37. The van der Waals surface area contributed by atoms with Crippen molar-refractivity contribution in [1.29, 1.82) is 0 Å². The van der Waals surface area contributed by atoms with Crippen molar-refractivity contribution in [2.24, 2.45) is 0 Å². The Morgan fingerprint density at radius 2 is 1.63 bits per heavy atom. The molecule has 0 N–H and O–H groups in total. The summed E-state index contributed by atoms with van der Waals surface area (Å²) in [6, 6.07) is 17.8. The molecule has 0 atom stereocenters. The SMILES string of the molecule is O=C(N1CCN(CCOc2ccccc2Cl)CC1)C1(c2ccccc2)CCOCC1. The third kappa shape index (κ3) is 4.64. The van der Waals surface area contributed by atoms with Crippen molar-refractivity contribution < 1.29 is 14.3 Å². The van der Waals surface area contributed by atoms with Gasteiger partial charge in [-0.25, -0.2) is 0 Å². The molecule has 0 spiro atoms. The molecule has 2 aliphatic heterocycles. The Labute approximate surface area is 183 Å². The average molecular weight is 429 g/mol. The number of para-hydroxylation sites is 1. The van der Waals surface area contributed by atoms with Crippen molar-refractivity contribution in [3.05, 3.63) is 65.2 Å². The lowest BCUT2D eigenvalue weighted by Crippen LogP contribution is -2.56. The average Bonchev–Trinajstić information content (AvgIpc) is 2.81. The number of carbonyl (C=O) groups excluding carboxylic acids is 1. The first-order valence-corrected chi connectivity index (χ1v) is 11.1. The molecule has 2 fully saturated rings. The van der Waals surface area contributed by atoms with Gasteiger partial charge in [-0.05, 0) is 30.5 Å². The van der Waals surface area contributed by atoms with Crippen molar-refractivity contribution >= 4 is 17.5 Å². The van der Waals surface area contributed by atoms with Crippen molar-refractivity contribution in [3.8, 4) is 5.75 Å². The predicted octanol–water partition coefficient (Wildman–Crippen LogP) is 3.61. The molecule has 2 aromatic rings. The number of ether oxygens (including phenoxy) is 2. The summed E-state index contributed by atoms with van der Waals surface area (Å²) in [5, 5.41) is 0.635. The normalized spacial score (nSPS) is 19.4. The minimum atomic E-state index is -0.450. The van der Waals surface area contributed by atoms with Crippen molar-refractivity contribution in [2.75, 3.05) is 52.5 Å². The Kier molecular flexibility index (Phi) is 6.93. The lowest BCUT2D eigenvalue weighted by atomic mass is 9.73. The number of nitrogens with zero attached hydrogens (tertiary/aromatic N) is 2. The highest BCUT2D eigenvalue weighted by atomic mass is 35.5. The summed E-state index contributed by atoms with van der Waals surface area (Å²) >= 11 is 6.15. The second-order valence-corrected chi connectivity index (χ2v) is 8.38. The van der Waals surface area contributed by atoms with E-state index < -0.39 is 5.41 Å². The number of amides is 1. The van der Waals surface area contributed by atoms with E-state index >= 15 is 0 Å². The highest BCUT2D eigenvalue weighted by molar-refractivity contribution is 6.32. The van der Waals surface area contributed by atoms with E-state index in [1.54, 1.807) is 0 Å². The monoisotopic (exact) mass is 428 g/mol. The second kappa shape index (κ2) is 9.82. The van der Waals surface area contributed by atoms with Crippen LogP contribution in [0.3, 0.4) is 0 Å².